The van der Waals surface area contributed by atoms with E-state index in [1.165, 1.54) is 0 Å². The molecule has 0 saturated carbocycles. The summed E-state index contributed by atoms with van der Waals surface area (Å²) in [4.78, 5) is 0. The van der Waals surface area contributed by atoms with Crippen LogP contribution in [0.4, 0.5) is 0 Å². The van der Waals surface area contributed by atoms with Gasteiger partial charge in [0.15, 0.2) is 0 Å². The van der Waals surface area contributed by atoms with Gasteiger partial charge in [-0.3, -0.25) is 0 Å². The van der Waals surface area contributed by atoms with Crippen LogP contribution in [-0.2, 0) is 43.0 Å². The van der Waals surface area contributed by atoms with Gasteiger partial charge in [0.2, 0.25) is 0 Å². The minimum Gasteiger partial charge on any atom is -0.870 e. The van der Waals surface area contributed by atoms with Crippen LogP contribution in [0.5, 0.6) is 0 Å². The Morgan fingerprint density at radius 3 is 0.789 bits per heavy atom. The first-order valence-electron chi connectivity index (χ1n) is 4.60. The van der Waals surface area contributed by atoms with E-state index in [1.807, 2.05) is 0 Å². The van der Waals surface area contributed by atoms with E-state index in [1.54, 1.807) is 0 Å². The van der Waals surface area contributed by atoms with Crippen molar-refractivity contribution in [3.05, 3.63) is 0 Å². The number of hydrogen-bond acceptors (Lipinski definition) is 11. The quantitative estimate of drug-likeness (QED) is 0.296. The average molecular weight is 380 g/mol. The molecule has 12 aliphatic rings. The van der Waals surface area contributed by atoms with Crippen molar-refractivity contribution in [3.8, 4) is 0 Å². The van der Waals surface area contributed by atoms with E-state index < -0.39 is 36.2 Å². The fourth-order valence-electron chi connectivity index (χ4n) is 1.37. The van der Waals surface area contributed by atoms with Crippen LogP contribution >= 0.6 is 0 Å². The van der Waals surface area contributed by atoms with Crippen molar-refractivity contribution in [1.82, 2.24) is 0 Å². The maximum Gasteiger partial charge on any atom is -0.870 e. The van der Waals surface area contributed by atoms with E-state index in [0.29, 0.717) is 13.1 Å². The molecule has 0 amide bonds. The van der Waals surface area contributed by atoms with Crippen molar-refractivity contribution >= 4 is 85.4 Å². The maximum atomic E-state index is 4.90. The Morgan fingerprint density at radius 1 is 0.579 bits per heavy atom. The Kier molecular flexibility index (Phi) is 5.36. The van der Waals surface area contributed by atoms with Gasteiger partial charge in [0.25, 0.3) is 0 Å². The van der Waals surface area contributed by atoms with Gasteiger partial charge in [-0.25, -0.2) is 18.3 Å². The molecule has 0 aromatic carbocycles. The molecule has 0 aromatic heterocycles. The van der Waals surface area contributed by atoms with Crippen molar-refractivity contribution in [2.45, 2.75) is 0 Å². The van der Waals surface area contributed by atoms with Crippen LogP contribution in [0.3, 0.4) is 0 Å². The molecule has 0 aromatic rings. The summed E-state index contributed by atoms with van der Waals surface area (Å²) in [6.07, 6.45) is 0. The number of hydrogen-bond donors (Lipinski definition) is 0. The molecule has 96 valence electrons. The smallest absolute Gasteiger partial charge is 0.870 e. The van der Waals surface area contributed by atoms with E-state index in [2.05, 4.69) is 54.4 Å². The van der Waals surface area contributed by atoms with Gasteiger partial charge in [0.05, 0.1) is 0 Å². The molecule has 0 atom stereocenters. The number of rotatable bonds is 0. The van der Waals surface area contributed by atoms with Gasteiger partial charge >= 0.3 is 85.4 Å². The summed E-state index contributed by atoms with van der Waals surface area (Å²) in [5.41, 5.74) is 0. The first-order chi connectivity index (χ1) is 8.07. The van der Waals surface area contributed by atoms with Crippen molar-refractivity contribution in [1.29, 1.82) is 0 Å². The summed E-state index contributed by atoms with van der Waals surface area (Å²) in [5.74, 6) is 0. The summed E-state index contributed by atoms with van der Waals surface area (Å²) in [5, 5.41) is 0. The molecule has 12 rings (SSSR count). The van der Waals surface area contributed by atoms with Crippen LogP contribution < -0.4 is 0 Å². The second kappa shape index (κ2) is 5.64. The average Bonchev–Trinajstić information content (AvgIpc) is 2.83. The third-order valence-electron chi connectivity index (χ3n) is 1.99. The standard InChI is InChI=1S/3Mg.2O5Si2.2H2O/c;;;2*1-2-7-3-6(1,4-7)5-7;;/h;;;;;2*1H2/q;2*+1;;;;/p-1. The Balaban J connectivity index is 0.000000108. The molecule has 12 aliphatic heterocycles. The van der Waals surface area contributed by atoms with E-state index in [0.717, 1.165) is 0 Å². The minimum atomic E-state index is -2.42. The van der Waals surface area contributed by atoms with Crippen LogP contribution in [0.2, 0.25) is 0 Å². The van der Waals surface area contributed by atoms with Gasteiger partial charge in [-0.1, -0.05) is 0 Å². The van der Waals surface area contributed by atoms with E-state index in [4.69, 9.17) is 24.7 Å². The molecular formula is H3Mg3O12Si4+. The third-order valence-corrected chi connectivity index (χ3v) is 15.5. The predicted octanol–water partition coefficient (Wildman–Crippen LogP) is -4.35. The molecule has 19 heteroatoms. The van der Waals surface area contributed by atoms with Crippen LogP contribution in [0.25, 0.3) is 0 Å². The monoisotopic (exact) mass is 379 g/mol. The van der Waals surface area contributed by atoms with Crippen LogP contribution in [0.1, 0.15) is 0 Å². The van der Waals surface area contributed by atoms with Crippen molar-refractivity contribution in [2.24, 2.45) is 0 Å². The van der Waals surface area contributed by atoms with Gasteiger partial charge in [-0.15, -0.1) is 0 Å². The predicted molar refractivity (Wildman–Crippen MR) is 56.7 cm³/mol. The Morgan fingerprint density at radius 2 is 0.737 bits per heavy atom. The van der Waals surface area contributed by atoms with Crippen molar-refractivity contribution in [3.63, 3.8) is 0 Å². The molecule has 19 heavy (non-hydrogen) atoms. The maximum absolute atomic E-state index is 4.90. The summed E-state index contributed by atoms with van der Waals surface area (Å²) in [6, 6.07) is 0. The zero-order valence-electron chi connectivity index (χ0n) is 9.15. The largest absolute Gasteiger partial charge is 0.870 e. The van der Waals surface area contributed by atoms with Gasteiger partial charge in [-0.2, -0.15) is 0 Å². The summed E-state index contributed by atoms with van der Waals surface area (Å²) in [6.45, 7) is 0. The van der Waals surface area contributed by atoms with E-state index >= 15 is 0 Å². The third kappa shape index (κ3) is 2.60. The van der Waals surface area contributed by atoms with Crippen LogP contribution in [0.15, 0.2) is 0 Å². The first kappa shape index (κ1) is 18.0. The second-order valence-corrected chi connectivity index (χ2v) is 22.1. The van der Waals surface area contributed by atoms with Crippen molar-refractivity contribution < 1.29 is 54.0 Å². The van der Waals surface area contributed by atoms with Gasteiger partial charge in [-0.05, 0) is 0 Å². The summed E-state index contributed by atoms with van der Waals surface area (Å²) < 4.78 is 47.5. The fraction of sp³-hybridized carbons (Fsp3) is 0. The molecule has 0 unspecified atom stereocenters. The SMILES string of the molecule is O.O1O[Si]23O[Si]1(O2)O3.O1O[Si]23O[Si]1(O2)O3.[Mg+][Mg][Mg+].[OH-]. The summed E-state index contributed by atoms with van der Waals surface area (Å²) in [7, 11) is -9.69. The normalized spacial score (nSPS) is 53.7. The molecular weight excluding hydrogens is 377 g/mol. The molecule has 4 bridgehead atoms. The Labute approximate surface area is 138 Å². The Hall–Kier alpha value is 2.69. The Bertz CT molecular complexity index is 250. The van der Waals surface area contributed by atoms with E-state index in [9.17, 15) is 0 Å². The minimum absolute atomic E-state index is 0. The first-order valence-corrected chi connectivity index (χ1v) is 19.1. The molecule has 12 nitrogen and oxygen atoms in total. The van der Waals surface area contributed by atoms with Gasteiger partial charge in [0.1, 0.15) is 0 Å². The molecule has 3 N–H and O–H groups in total. The second-order valence-electron chi connectivity index (χ2n) is 3.30. The molecule has 0 spiro atoms. The van der Waals surface area contributed by atoms with Gasteiger partial charge in [0, 0.05) is 0 Å². The molecule has 12 fully saturated rings. The van der Waals surface area contributed by atoms with Crippen LogP contribution in [0, 0.1) is 0 Å². The summed E-state index contributed by atoms with van der Waals surface area (Å²) >= 11 is 4.72. The van der Waals surface area contributed by atoms with Gasteiger partial charge < -0.3 is 35.6 Å². The fourth-order valence-corrected chi connectivity index (χ4v) is 12.4. The molecule has 0 aliphatic carbocycles. The molecule has 0 radical (unpaired) electrons. The molecule has 12 heterocycles. The van der Waals surface area contributed by atoms with Crippen molar-refractivity contribution in [2.75, 3.05) is 0 Å². The zero-order chi connectivity index (χ0) is 11.8. The zero-order valence-corrected chi connectivity index (χ0v) is 17.4. The topological polar surface area (TPSA) is 154 Å². The van der Waals surface area contributed by atoms with Crippen LogP contribution in [-0.4, -0.2) is 96.3 Å². The van der Waals surface area contributed by atoms with E-state index in [-0.39, 0.29) is 11.0 Å². The molecule has 12 saturated heterocycles.